The maximum Gasteiger partial charge on any atom is 0.173 e. The van der Waals surface area contributed by atoms with E-state index in [0.717, 1.165) is 31.1 Å². The van der Waals surface area contributed by atoms with Gasteiger partial charge in [0, 0.05) is 36.3 Å². The Hall–Kier alpha value is -1.87. The zero-order valence-corrected chi connectivity index (χ0v) is 17.2. The van der Waals surface area contributed by atoms with Crippen LogP contribution in [-0.4, -0.2) is 43.4 Å². The second kappa shape index (κ2) is 6.94. The van der Waals surface area contributed by atoms with Gasteiger partial charge in [-0.1, -0.05) is 38.1 Å². The van der Waals surface area contributed by atoms with Gasteiger partial charge >= 0.3 is 0 Å². The van der Waals surface area contributed by atoms with Gasteiger partial charge in [0.1, 0.15) is 0 Å². The fourth-order valence-electron chi connectivity index (χ4n) is 4.71. The van der Waals surface area contributed by atoms with Crippen LogP contribution in [0.2, 0.25) is 0 Å². The highest BCUT2D eigenvalue weighted by Gasteiger charge is 2.40. The molecule has 0 bridgehead atoms. The number of anilines is 1. The van der Waals surface area contributed by atoms with Gasteiger partial charge in [-0.2, -0.15) is 0 Å². The summed E-state index contributed by atoms with van der Waals surface area (Å²) in [5.74, 6) is 1.03. The molecule has 2 aromatic carbocycles. The summed E-state index contributed by atoms with van der Waals surface area (Å²) in [6.07, 6.45) is 2.48. The molecule has 0 amide bonds. The molecule has 4 rings (SSSR count). The van der Waals surface area contributed by atoms with E-state index in [1.54, 1.807) is 0 Å². The van der Waals surface area contributed by atoms with Crippen molar-refractivity contribution in [1.29, 1.82) is 0 Å². The summed E-state index contributed by atoms with van der Waals surface area (Å²) >= 11 is 0. The third-order valence-electron chi connectivity index (χ3n) is 6.46. The molecule has 2 aromatic rings. The van der Waals surface area contributed by atoms with Crippen molar-refractivity contribution in [3.8, 4) is 0 Å². The monoisotopic (exact) mass is 364 g/mol. The second-order valence-corrected chi connectivity index (χ2v) is 9.18. The van der Waals surface area contributed by atoms with Crippen LogP contribution in [-0.2, 0) is 5.41 Å². The molecular weight excluding hydrogens is 332 g/mol. The molecule has 0 saturated carbocycles. The summed E-state index contributed by atoms with van der Waals surface area (Å²) in [7, 11) is 0. The number of Topliss-reactive ketones (excluding diaryl/α,β-unsaturated/α-hetero) is 1. The number of hydrogen-bond donors (Lipinski definition) is 0. The first-order valence-corrected chi connectivity index (χ1v) is 10.5. The highest BCUT2D eigenvalue weighted by molar-refractivity contribution is 6.21. The van der Waals surface area contributed by atoms with E-state index in [9.17, 15) is 4.79 Å². The summed E-state index contributed by atoms with van der Waals surface area (Å²) in [5, 5.41) is 2.44. The molecule has 3 heteroatoms. The van der Waals surface area contributed by atoms with E-state index in [0.29, 0.717) is 0 Å². The molecule has 27 heavy (non-hydrogen) atoms. The predicted molar refractivity (Wildman–Crippen MR) is 114 cm³/mol. The van der Waals surface area contributed by atoms with Gasteiger partial charge in [-0.3, -0.25) is 4.79 Å². The highest BCUT2D eigenvalue weighted by Crippen LogP contribution is 2.45. The van der Waals surface area contributed by atoms with Gasteiger partial charge in [-0.05, 0) is 62.7 Å². The molecule has 1 aliphatic heterocycles. The number of carbonyl (C=O) groups excluding carboxylic acids is 1. The van der Waals surface area contributed by atoms with Crippen LogP contribution in [0.5, 0.6) is 0 Å². The summed E-state index contributed by atoms with van der Waals surface area (Å²) in [6, 6.07) is 10.7. The molecule has 1 saturated heterocycles. The third kappa shape index (κ3) is 3.16. The van der Waals surface area contributed by atoms with Crippen molar-refractivity contribution in [3.05, 3.63) is 41.5 Å². The lowest BCUT2D eigenvalue weighted by molar-refractivity contribution is 0.0920. The van der Waals surface area contributed by atoms with Crippen molar-refractivity contribution in [3.63, 3.8) is 0 Å². The Labute approximate surface area is 163 Å². The zero-order chi connectivity index (χ0) is 19.2. The van der Waals surface area contributed by atoms with Crippen molar-refractivity contribution < 1.29 is 4.79 Å². The van der Waals surface area contributed by atoms with Crippen LogP contribution in [0.4, 0.5) is 5.69 Å². The van der Waals surface area contributed by atoms with E-state index in [-0.39, 0.29) is 5.78 Å². The molecule has 0 atom stereocenters. The third-order valence-corrected chi connectivity index (χ3v) is 6.46. The molecule has 1 fully saturated rings. The van der Waals surface area contributed by atoms with Gasteiger partial charge in [-0.25, -0.2) is 0 Å². The van der Waals surface area contributed by atoms with Gasteiger partial charge in [0.05, 0.1) is 5.41 Å². The second-order valence-electron chi connectivity index (χ2n) is 9.18. The average molecular weight is 365 g/mol. The van der Waals surface area contributed by atoms with Crippen molar-refractivity contribution >= 4 is 22.2 Å². The van der Waals surface area contributed by atoms with Gasteiger partial charge < -0.3 is 9.80 Å². The van der Waals surface area contributed by atoms with E-state index in [4.69, 9.17) is 0 Å². The Bertz CT molecular complexity index is 868. The molecule has 0 unspecified atom stereocenters. The lowest BCUT2D eigenvalue weighted by atomic mass is 9.84. The van der Waals surface area contributed by atoms with Gasteiger partial charge in [0.15, 0.2) is 5.78 Å². The number of hydrogen-bond acceptors (Lipinski definition) is 3. The molecule has 144 valence electrons. The van der Waals surface area contributed by atoms with Crippen molar-refractivity contribution in [2.24, 2.45) is 5.92 Å². The van der Waals surface area contributed by atoms with E-state index in [1.165, 1.54) is 48.0 Å². The molecule has 1 aliphatic carbocycles. The fraction of sp³-hybridized carbons (Fsp3) is 0.542. The standard InChI is InChI=1S/C24H32N2O/c1-17(2)11-14-25-12-6-13-26(16-15-25)21-10-9-20-22-18(21)7-5-8-19(22)23(27)24(20,3)4/h5,7-10,17H,6,11-16H2,1-4H3. The average Bonchev–Trinajstić information content (AvgIpc) is 2.82. The molecule has 0 radical (unpaired) electrons. The number of nitrogens with zero attached hydrogens (tertiary/aromatic N) is 2. The molecule has 0 spiro atoms. The van der Waals surface area contributed by atoms with Crippen LogP contribution in [0, 0.1) is 5.92 Å². The highest BCUT2D eigenvalue weighted by atomic mass is 16.1. The van der Waals surface area contributed by atoms with Crippen molar-refractivity contribution in [2.45, 2.75) is 46.0 Å². The van der Waals surface area contributed by atoms with Crippen molar-refractivity contribution in [1.82, 2.24) is 4.90 Å². The Kier molecular flexibility index (Phi) is 4.75. The van der Waals surface area contributed by atoms with Crippen LogP contribution in [0.25, 0.3) is 10.8 Å². The first kappa shape index (κ1) is 18.5. The predicted octanol–water partition coefficient (Wildman–Crippen LogP) is 4.87. The number of rotatable bonds is 4. The molecule has 0 aromatic heterocycles. The minimum atomic E-state index is -0.410. The van der Waals surface area contributed by atoms with Gasteiger partial charge in [-0.15, -0.1) is 0 Å². The van der Waals surface area contributed by atoms with E-state index in [1.807, 2.05) is 6.07 Å². The largest absolute Gasteiger partial charge is 0.370 e. The smallest absolute Gasteiger partial charge is 0.173 e. The number of carbonyl (C=O) groups is 1. The summed E-state index contributed by atoms with van der Waals surface area (Å²) in [6.45, 7) is 14.4. The lowest BCUT2D eigenvalue weighted by Gasteiger charge is -2.26. The van der Waals surface area contributed by atoms with Crippen LogP contribution in [0.15, 0.2) is 30.3 Å². The van der Waals surface area contributed by atoms with Crippen LogP contribution >= 0.6 is 0 Å². The first-order chi connectivity index (χ1) is 12.9. The summed E-state index contributed by atoms with van der Waals surface area (Å²) in [4.78, 5) is 18.0. The van der Waals surface area contributed by atoms with E-state index < -0.39 is 5.41 Å². The van der Waals surface area contributed by atoms with Gasteiger partial charge in [0.25, 0.3) is 0 Å². The van der Waals surface area contributed by atoms with Gasteiger partial charge in [0.2, 0.25) is 0 Å². The van der Waals surface area contributed by atoms with Crippen LogP contribution < -0.4 is 4.90 Å². The quantitative estimate of drug-likeness (QED) is 0.773. The zero-order valence-electron chi connectivity index (χ0n) is 17.2. The Balaban J connectivity index is 1.64. The lowest BCUT2D eigenvalue weighted by Crippen LogP contribution is -2.31. The fourth-order valence-corrected chi connectivity index (χ4v) is 4.71. The topological polar surface area (TPSA) is 23.6 Å². The first-order valence-electron chi connectivity index (χ1n) is 10.5. The maximum absolute atomic E-state index is 12.9. The summed E-state index contributed by atoms with van der Waals surface area (Å²) < 4.78 is 0. The Morgan fingerprint density at radius 1 is 1.04 bits per heavy atom. The molecule has 2 aliphatic rings. The molecule has 0 N–H and O–H groups in total. The normalized spacial score (nSPS) is 19.9. The van der Waals surface area contributed by atoms with Crippen LogP contribution in [0.3, 0.4) is 0 Å². The molecule has 3 nitrogen and oxygen atoms in total. The van der Waals surface area contributed by atoms with Crippen molar-refractivity contribution in [2.75, 3.05) is 37.6 Å². The molecule has 1 heterocycles. The Morgan fingerprint density at radius 2 is 1.85 bits per heavy atom. The Morgan fingerprint density at radius 3 is 2.63 bits per heavy atom. The minimum Gasteiger partial charge on any atom is -0.370 e. The number of ketones is 1. The maximum atomic E-state index is 12.9. The van der Waals surface area contributed by atoms with Crippen LogP contribution in [0.1, 0.15) is 56.5 Å². The SMILES string of the molecule is CC(C)CCN1CCCN(c2ccc3c4c(cccc24)C(=O)C3(C)C)CC1. The number of benzene rings is 2. The molecular formula is C24H32N2O. The van der Waals surface area contributed by atoms with E-state index in [2.05, 4.69) is 61.8 Å². The van der Waals surface area contributed by atoms with E-state index >= 15 is 0 Å². The minimum absolute atomic E-state index is 0.260. The summed E-state index contributed by atoms with van der Waals surface area (Å²) in [5.41, 5.74) is 2.98.